The van der Waals surface area contributed by atoms with Crippen molar-refractivity contribution >= 4 is 78.6 Å². The molecule has 2 heterocycles. The van der Waals surface area contributed by atoms with Crippen molar-refractivity contribution in [3.05, 3.63) is 0 Å². The van der Waals surface area contributed by atoms with Gasteiger partial charge in [-0.05, 0) is 0 Å². The van der Waals surface area contributed by atoms with Crippen molar-refractivity contribution in [2.75, 3.05) is 20.3 Å². The number of hydrogen-bond acceptors (Lipinski definition) is 35. The van der Waals surface area contributed by atoms with Gasteiger partial charge in [-0.2, -0.15) is 0 Å². The molecule has 59 heavy (non-hydrogen) atoms. The molecular formula is C13H17Na7O32S7. The monoisotopic (exact) mass is 1070 g/mol. The van der Waals surface area contributed by atoms with E-state index in [9.17, 15) is 67.7 Å². The maximum atomic E-state index is 11.8. The Labute approximate surface area is 502 Å². The first-order chi connectivity index (χ1) is 24.1. The zero-order valence-electron chi connectivity index (χ0n) is 31.1. The minimum atomic E-state index is -6.01. The topological polar surface area (TPSA) is 455 Å². The van der Waals surface area contributed by atoms with E-state index in [2.05, 4.69) is 44.8 Å². The molecule has 2 aliphatic rings. The van der Waals surface area contributed by atoms with Crippen LogP contribution in [0, 0.1) is 0 Å². The van der Waals surface area contributed by atoms with Crippen molar-refractivity contribution in [3.8, 4) is 0 Å². The molecule has 46 heteroatoms. The van der Waals surface area contributed by atoms with Crippen LogP contribution in [0.4, 0.5) is 0 Å². The number of methoxy groups -OCH3 is 1. The summed E-state index contributed by atoms with van der Waals surface area (Å²) >= 11 is -1.41. The van der Waals surface area contributed by atoms with E-state index in [0.29, 0.717) is 0 Å². The van der Waals surface area contributed by atoms with Gasteiger partial charge in [0.15, 0.2) is 61.8 Å². The van der Waals surface area contributed by atoms with Crippen LogP contribution >= 0.6 is 37.0 Å². The van der Waals surface area contributed by atoms with Crippen molar-refractivity contribution in [1.82, 2.24) is 0 Å². The summed E-state index contributed by atoms with van der Waals surface area (Å²) in [7, 11) is -22.3. The first kappa shape index (κ1) is 77.4. The second kappa shape index (κ2) is 38.6. The number of rotatable bonds is 25. The maximum absolute atomic E-state index is 11.8. The van der Waals surface area contributed by atoms with E-state index in [4.69, 9.17) is 31.5 Å². The van der Waals surface area contributed by atoms with Gasteiger partial charge in [-0.3, -0.25) is 44.4 Å². The van der Waals surface area contributed by atoms with Gasteiger partial charge in [0, 0.05) is 7.11 Å². The van der Waals surface area contributed by atoms with Gasteiger partial charge in [-0.25, -0.2) is 33.7 Å². The van der Waals surface area contributed by atoms with E-state index < -0.39 is 153 Å². The first-order valence-electron chi connectivity index (χ1n) is 12.0. The molecule has 0 bridgehead atoms. The molecule has 2 rings (SSSR count). The third-order valence-electron chi connectivity index (χ3n) is 5.54. The smallest absolute Gasteiger partial charge is 0.726 e. The van der Waals surface area contributed by atoms with E-state index >= 15 is 0 Å². The van der Waals surface area contributed by atoms with Gasteiger partial charge in [-0.15, -0.1) is 13.0 Å². The molecule has 2 fully saturated rings. The predicted octanol–water partition coefficient (Wildman–Crippen LogP) is -28.3. The van der Waals surface area contributed by atoms with Gasteiger partial charge < -0.3 is 52.9 Å². The van der Waals surface area contributed by atoms with E-state index in [1.807, 2.05) is 0 Å². The molecule has 0 N–H and O–H groups in total. The maximum Gasteiger partial charge on any atom is 1.00 e. The molecule has 0 amide bonds. The van der Waals surface area contributed by atoms with Crippen molar-refractivity contribution < 1.29 is 351 Å². The summed E-state index contributed by atoms with van der Waals surface area (Å²) < 4.78 is 202. The average Bonchev–Trinajstić information content (AvgIpc) is 3.01. The van der Waals surface area contributed by atoms with Crippen LogP contribution in [-0.2, 0) is 118 Å². The zero-order chi connectivity index (χ0) is 39.3. The van der Waals surface area contributed by atoms with Crippen LogP contribution in [0.15, 0.2) is 0 Å². The fourth-order valence-corrected chi connectivity index (χ4v) is 6.63. The Morgan fingerprint density at radius 2 is 0.797 bits per heavy atom. The molecule has 0 radical (unpaired) electrons. The SMILES string of the molecule is CO[C@H]1OC(COS(=O)(=O)[O-])[C@@H](O[C@H]2OC(COS(=O)(=O)[O-])[C@@H](OSOO[O-])[C@H](OSOO[O-])C2OS(=O)(=O)[O-])[C@H](OSOO[O-])C1OS(=O)(=O)[O-].[Na+].[Na+].[Na+].[Na+].[Na+].[Na+].[Na+]. The van der Waals surface area contributed by atoms with Gasteiger partial charge in [0.25, 0.3) is 0 Å². The molecule has 2 saturated heterocycles. The summed E-state index contributed by atoms with van der Waals surface area (Å²) in [5.74, 6) is 0. The fraction of sp³-hybridized carbons (Fsp3) is 1.00. The van der Waals surface area contributed by atoms with E-state index in [1.165, 1.54) is 0 Å². The Kier molecular flexibility index (Phi) is 50.5. The van der Waals surface area contributed by atoms with Gasteiger partial charge in [0.05, 0.1) is 13.2 Å². The van der Waals surface area contributed by atoms with Crippen LogP contribution < -0.4 is 223 Å². The molecule has 10 atom stereocenters. The number of hydrogen-bond donors (Lipinski definition) is 0. The van der Waals surface area contributed by atoms with Crippen LogP contribution in [0.1, 0.15) is 0 Å². The molecule has 0 aliphatic carbocycles. The van der Waals surface area contributed by atoms with E-state index in [0.717, 1.165) is 7.11 Å². The zero-order valence-corrected chi connectivity index (χ0v) is 50.8. The molecule has 0 aromatic carbocycles. The Morgan fingerprint density at radius 1 is 0.475 bits per heavy atom. The molecule has 0 aromatic heterocycles. The molecule has 0 saturated carbocycles. The molecular weight excluding hydrogens is 1050 g/mol. The van der Waals surface area contributed by atoms with Gasteiger partial charge in [0.1, 0.15) is 36.6 Å². The van der Waals surface area contributed by atoms with Crippen LogP contribution in [0.5, 0.6) is 0 Å². The minimum Gasteiger partial charge on any atom is -0.726 e. The van der Waals surface area contributed by atoms with Crippen LogP contribution in [-0.4, -0.2) is 134 Å². The molecule has 4 unspecified atom stereocenters. The molecule has 32 nitrogen and oxygen atoms in total. The predicted molar refractivity (Wildman–Crippen MR) is 134 cm³/mol. The van der Waals surface area contributed by atoms with Crippen LogP contribution in [0.3, 0.4) is 0 Å². The summed E-state index contributed by atoms with van der Waals surface area (Å²) in [5.41, 5.74) is 0. The van der Waals surface area contributed by atoms with Gasteiger partial charge >= 0.3 is 207 Å². The molecule has 310 valence electrons. The molecule has 0 aromatic rings. The fourth-order valence-electron chi connectivity index (χ4n) is 3.98. The minimum absolute atomic E-state index is 0. The first-order valence-corrected chi connectivity index (χ1v) is 19.3. The van der Waals surface area contributed by atoms with Crippen molar-refractivity contribution in [2.24, 2.45) is 0 Å². The number of ether oxygens (including phenoxy) is 4. The average molecular weight is 1070 g/mol. The van der Waals surface area contributed by atoms with Crippen molar-refractivity contribution in [3.63, 3.8) is 0 Å². The largest absolute Gasteiger partial charge is 1.00 e. The Morgan fingerprint density at radius 3 is 1.14 bits per heavy atom. The summed E-state index contributed by atoms with van der Waals surface area (Å²) in [6, 6.07) is 0. The van der Waals surface area contributed by atoms with Gasteiger partial charge in [0.2, 0.25) is 41.6 Å². The third-order valence-corrected chi connectivity index (χ3v) is 8.54. The quantitative estimate of drug-likeness (QED) is 0.0156. The third kappa shape index (κ3) is 31.8. The summed E-state index contributed by atoms with van der Waals surface area (Å²) in [6.45, 7) is -2.97. The summed E-state index contributed by atoms with van der Waals surface area (Å²) in [5, 5.41) is 40.1. The molecule has 0 spiro atoms. The van der Waals surface area contributed by atoms with Crippen molar-refractivity contribution in [1.29, 1.82) is 0 Å². The van der Waals surface area contributed by atoms with E-state index in [-0.39, 0.29) is 207 Å². The second-order valence-electron chi connectivity index (χ2n) is 8.54. The normalized spacial score (nSPS) is 27.1. The van der Waals surface area contributed by atoms with Gasteiger partial charge in [-0.1, -0.05) is 0 Å². The standard InChI is InChI=1S/C13H24O32S7.7Na/c1-29-12-10(38-51(23,24)25)8(36-47-44-41-15)6(4(32-12)2-30-49(17,18)19)34-13-11(39-52(26,27)28)9(37-48-45-42-16)7(35-46-43-40-14)5(33-13)3-31-50(20,21)22;;;;;;;/h4-16H,2-3H2,1H3,(H,17,18,19)(H,20,21,22)(H,23,24,25)(H,26,27,28);;;;;;;/q;7*+1/p-7/t4?,5?,6-,7-,8+,9+,10?,11?,12+,13-;;;;;;;/m1......./s1. The van der Waals surface area contributed by atoms with Crippen LogP contribution in [0.2, 0.25) is 0 Å². The van der Waals surface area contributed by atoms with Crippen molar-refractivity contribution in [2.45, 2.75) is 61.4 Å². The molecule has 2 aliphatic heterocycles. The Hall–Kier alpha value is 6.89. The van der Waals surface area contributed by atoms with Crippen LogP contribution in [0.25, 0.3) is 0 Å². The Bertz CT molecular complexity index is 1520. The summed E-state index contributed by atoms with van der Waals surface area (Å²) in [4.78, 5) is 0. The Balaban J connectivity index is -0.00000100. The van der Waals surface area contributed by atoms with E-state index in [1.54, 1.807) is 0 Å². The second-order valence-corrected chi connectivity index (χ2v) is 14.1. The summed E-state index contributed by atoms with van der Waals surface area (Å²) in [6.07, 6.45) is -23.8.